The highest BCUT2D eigenvalue weighted by Gasteiger charge is 2.23. The summed E-state index contributed by atoms with van der Waals surface area (Å²) in [7, 11) is 1.35. The number of anilines is 1. The lowest BCUT2D eigenvalue weighted by Gasteiger charge is -2.36. The third-order valence-electron chi connectivity index (χ3n) is 4.47. The van der Waals surface area contributed by atoms with Crippen molar-refractivity contribution in [3.05, 3.63) is 58.9 Å². The smallest absolute Gasteiger partial charge is 0.337 e. The second kappa shape index (κ2) is 8.73. The number of carbonyl (C=O) groups is 2. The number of nitrogens with one attached hydrogen (secondary N) is 1. The van der Waals surface area contributed by atoms with Gasteiger partial charge in [0.05, 0.1) is 23.4 Å². The summed E-state index contributed by atoms with van der Waals surface area (Å²) >= 11 is 6.30. The Morgan fingerprint density at radius 2 is 1.85 bits per heavy atom. The molecular formula is C19H21ClN4O3. The molecule has 0 atom stereocenters. The number of halogens is 1. The van der Waals surface area contributed by atoms with Gasteiger partial charge in [0.1, 0.15) is 0 Å². The molecule has 7 nitrogen and oxygen atoms in total. The third-order valence-corrected chi connectivity index (χ3v) is 4.79. The first-order valence-corrected chi connectivity index (χ1v) is 9.01. The van der Waals surface area contributed by atoms with E-state index in [1.165, 1.54) is 7.11 Å². The lowest BCUT2D eigenvalue weighted by atomic mass is 10.1. The molecule has 1 N–H and O–H groups in total. The van der Waals surface area contributed by atoms with Crippen LogP contribution in [0.15, 0.2) is 42.7 Å². The molecule has 1 aliphatic heterocycles. The van der Waals surface area contributed by atoms with Gasteiger partial charge in [-0.15, -0.1) is 0 Å². The van der Waals surface area contributed by atoms with Gasteiger partial charge in [-0.05, 0) is 35.9 Å². The van der Waals surface area contributed by atoms with E-state index in [9.17, 15) is 9.59 Å². The van der Waals surface area contributed by atoms with Crippen molar-refractivity contribution >= 4 is 29.3 Å². The Bertz CT molecular complexity index is 808. The van der Waals surface area contributed by atoms with Crippen molar-refractivity contribution in [2.45, 2.75) is 6.54 Å². The van der Waals surface area contributed by atoms with Crippen LogP contribution in [-0.4, -0.2) is 55.2 Å². The minimum atomic E-state index is -0.401. The normalized spacial score (nSPS) is 14.0. The first-order chi connectivity index (χ1) is 13.1. The van der Waals surface area contributed by atoms with E-state index in [2.05, 4.69) is 15.2 Å². The molecule has 2 aromatic rings. The van der Waals surface area contributed by atoms with Crippen molar-refractivity contribution in [2.75, 3.05) is 38.2 Å². The number of aromatic nitrogens is 1. The fraction of sp³-hybridized carbons (Fsp3) is 0.316. The van der Waals surface area contributed by atoms with Crippen LogP contribution >= 0.6 is 11.6 Å². The molecule has 0 aliphatic carbocycles. The van der Waals surface area contributed by atoms with Crippen molar-refractivity contribution in [1.82, 2.24) is 15.2 Å². The number of hydrogen-bond acceptors (Lipinski definition) is 5. The van der Waals surface area contributed by atoms with E-state index in [0.29, 0.717) is 43.3 Å². The standard InChI is InChI=1S/C19H21ClN4O3/c1-27-18(25)15-2-3-16(20)17(12-15)23-8-10-24(11-9-23)19(26)22-13-14-4-6-21-7-5-14/h2-7,12H,8-11,13H2,1H3,(H,22,26). The summed E-state index contributed by atoms with van der Waals surface area (Å²) in [6, 6.07) is 8.70. The van der Waals surface area contributed by atoms with E-state index >= 15 is 0 Å². The van der Waals surface area contributed by atoms with Crippen LogP contribution in [0.25, 0.3) is 0 Å². The quantitative estimate of drug-likeness (QED) is 0.815. The summed E-state index contributed by atoms with van der Waals surface area (Å²) in [5.41, 5.74) is 2.23. The zero-order valence-corrected chi connectivity index (χ0v) is 15.8. The Balaban J connectivity index is 1.57. The lowest BCUT2D eigenvalue weighted by molar-refractivity contribution is 0.0600. The van der Waals surface area contributed by atoms with Gasteiger partial charge in [-0.25, -0.2) is 9.59 Å². The molecule has 8 heteroatoms. The van der Waals surface area contributed by atoms with Crippen molar-refractivity contribution in [1.29, 1.82) is 0 Å². The van der Waals surface area contributed by atoms with E-state index in [-0.39, 0.29) is 6.03 Å². The number of methoxy groups -OCH3 is 1. The average molecular weight is 389 g/mol. The van der Waals surface area contributed by atoms with Gasteiger partial charge in [0.15, 0.2) is 0 Å². The number of esters is 1. The number of piperazine rings is 1. The van der Waals surface area contributed by atoms with Crippen LogP contribution in [0.5, 0.6) is 0 Å². The van der Waals surface area contributed by atoms with Crippen molar-refractivity contribution in [3.63, 3.8) is 0 Å². The number of urea groups is 1. The summed E-state index contributed by atoms with van der Waals surface area (Å²) in [4.78, 5) is 31.9. The molecule has 0 bridgehead atoms. The molecule has 3 rings (SSSR count). The molecule has 27 heavy (non-hydrogen) atoms. The van der Waals surface area contributed by atoms with Crippen LogP contribution < -0.4 is 10.2 Å². The van der Waals surface area contributed by atoms with Crippen molar-refractivity contribution in [3.8, 4) is 0 Å². The molecular weight excluding hydrogens is 368 g/mol. The van der Waals surface area contributed by atoms with E-state index < -0.39 is 5.97 Å². The zero-order valence-electron chi connectivity index (χ0n) is 15.0. The first kappa shape index (κ1) is 19.0. The maximum absolute atomic E-state index is 12.4. The van der Waals surface area contributed by atoms with Gasteiger partial charge in [0.25, 0.3) is 0 Å². The number of rotatable bonds is 4. The molecule has 1 aromatic heterocycles. The predicted molar refractivity (Wildman–Crippen MR) is 103 cm³/mol. The topological polar surface area (TPSA) is 74.8 Å². The summed E-state index contributed by atoms with van der Waals surface area (Å²) in [6.45, 7) is 2.87. The SMILES string of the molecule is COC(=O)c1ccc(Cl)c(N2CCN(C(=O)NCc3ccncc3)CC2)c1. The Morgan fingerprint density at radius 1 is 1.15 bits per heavy atom. The fourth-order valence-electron chi connectivity index (χ4n) is 2.94. The second-order valence-electron chi connectivity index (χ2n) is 6.15. The molecule has 0 saturated carbocycles. The highest BCUT2D eigenvalue weighted by Crippen LogP contribution is 2.28. The Kier molecular flexibility index (Phi) is 6.13. The summed E-state index contributed by atoms with van der Waals surface area (Å²) in [5, 5.41) is 3.49. The molecule has 1 aromatic carbocycles. The van der Waals surface area contributed by atoms with E-state index in [4.69, 9.17) is 16.3 Å². The molecule has 2 amide bonds. The molecule has 1 aliphatic rings. The van der Waals surface area contributed by atoms with Gasteiger partial charge >= 0.3 is 12.0 Å². The summed E-state index contributed by atoms with van der Waals surface area (Å²) < 4.78 is 4.76. The van der Waals surface area contributed by atoms with Gasteiger partial charge in [-0.3, -0.25) is 4.98 Å². The number of benzene rings is 1. The van der Waals surface area contributed by atoms with Crippen molar-refractivity contribution < 1.29 is 14.3 Å². The maximum atomic E-state index is 12.4. The molecule has 0 unspecified atom stereocenters. The van der Waals surface area contributed by atoms with Crippen LogP contribution in [0.3, 0.4) is 0 Å². The summed E-state index contributed by atoms with van der Waals surface area (Å²) in [6.07, 6.45) is 3.40. The van der Waals surface area contributed by atoms with Crippen LogP contribution in [0.1, 0.15) is 15.9 Å². The Labute approximate surface area is 162 Å². The molecule has 1 fully saturated rings. The largest absolute Gasteiger partial charge is 0.465 e. The van der Waals surface area contributed by atoms with Gasteiger partial charge in [-0.1, -0.05) is 11.6 Å². The number of hydrogen-bond donors (Lipinski definition) is 1. The van der Waals surface area contributed by atoms with Crippen molar-refractivity contribution in [2.24, 2.45) is 0 Å². The first-order valence-electron chi connectivity index (χ1n) is 8.63. The second-order valence-corrected chi connectivity index (χ2v) is 6.55. The Hall–Kier alpha value is -2.80. The van der Waals surface area contributed by atoms with Crippen LogP contribution in [0, 0.1) is 0 Å². The Morgan fingerprint density at radius 3 is 2.52 bits per heavy atom. The number of ether oxygens (including phenoxy) is 1. The molecule has 2 heterocycles. The lowest BCUT2D eigenvalue weighted by Crippen LogP contribution is -2.51. The minimum absolute atomic E-state index is 0.0964. The predicted octanol–water partition coefficient (Wildman–Crippen LogP) is 2.55. The van der Waals surface area contributed by atoms with Gasteiger partial charge in [-0.2, -0.15) is 0 Å². The molecule has 142 valence electrons. The average Bonchev–Trinajstić information content (AvgIpc) is 2.72. The van der Waals surface area contributed by atoms with Gasteiger partial charge in [0, 0.05) is 45.1 Å². The van der Waals surface area contributed by atoms with E-state index in [1.807, 2.05) is 12.1 Å². The van der Waals surface area contributed by atoms with Crippen LogP contribution in [0.4, 0.5) is 10.5 Å². The summed E-state index contributed by atoms with van der Waals surface area (Å²) in [5.74, 6) is -0.401. The van der Waals surface area contributed by atoms with E-state index in [1.54, 1.807) is 35.5 Å². The van der Waals surface area contributed by atoms with Crippen LogP contribution in [-0.2, 0) is 11.3 Å². The number of nitrogens with zero attached hydrogens (tertiary/aromatic N) is 3. The molecule has 1 saturated heterocycles. The number of amides is 2. The minimum Gasteiger partial charge on any atom is -0.465 e. The third kappa shape index (κ3) is 4.68. The molecule has 0 spiro atoms. The monoisotopic (exact) mass is 388 g/mol. The number of carbonyl (C=O) groups excluding carboxylic acids is 2. The fourth-order valence-corrected chi connectivity index (χ4v) is 3.18. The van der Waals surface area contributed by atoms with Crippen LogP contribution in [0.2, 0.25) is 5.02 Å². The number of pyridine rings is 1. The van der Waals surface area contributed by atoms with E-state index in [0.717, 1.165) is 11.3 Å². The van der Waals surface area contributed by atoms with Gasteiger partial charge in [0.2, 0.25) is 0 Å². The highest BCUT2D eigenvalue weighted by atomic mass is 35.5. The zero-order chi connectivity index (χ0) is 19.2. The highest BCUT2D eigenvalue weighted by molar-refractivity contribution is 6.33. The maximum Gasteiger partial charge on any atom is 0.337 e. The van der Waals surface area contributed by atoms with Gasteiger partial charge < -0.3 is 19.9 Å². The molecule has 0 radical (unpaired) electrons.